The van der Waals surface area contributed by atoms with Gasteiger partial charge in [0.2, 0.25) is 0 Å². The SMILES string of the molecule is CC1CCCCC1Oc1ccnc(/C(N)=N/O)c1. The van der Waals surface area contributed by atoms with Crippen molar-refractivity contribution in [1.29, 1.82) is 0 Å². The second-order valence-electron chi connectivity index (χ2n) is 4.78. The van der Waals surface area contributed by atoms with Crippen molar-refractivity contribution < 1.29 is 9.94 Å². The highest BCUT2D eigenvalue weighted by molar-refractivity contribution is 5.95. The minimum absolute atomic E-state index is 0.00265. The zero-order chi connectivity index (χ0) is 13.0. The number of ether oxygens (including phenoxy) is 1. The van der Waals surface area contributed by atoms with Crippen molar-refractivity contribution in [3.63, 3.8) is 0 Å². The molecule has 1 heterocycles. The van der Waals surface area contributed by atoms with Crippen molar-refractivity contribution >= 4 is 5.84 Å². The molecule has 2 atom stereocenters. The number of aromatic nitrogens is 1. The molecule has 1 aliphatic rings. The molecule has 1 fully saturated rings. The van der Waals surface area contributed by atoms with Gasteiger partial charge in [-0.25, -0.2) is 0 Å². The third-order valence-corrected chi connectivity index (χ3v) is 3.42. The van der Waals surface area contributed by atoms with Gasteiger partial charge in [-0.15, -0.1) is 0 Å². The lowest BCUT2D eigenvalue weighted by Gasteiger charge is -2.29. The number of pyridine rings is 1. The Hall–Kier alpha value is -1.78. The highest BCUT2D eigenvalue weighted by atomic mass is 16.5. The number of oxime groups is 1. The standard InChI is InChI=1S/C13H19N3O2/c1-9-4-2-3-5-12(9)18-10-6-7-15-11(8-10)13(14)16-17/h6-9,12,17H,2-5H2,1H3,(H2,14,16). The molecule has 1 saturated carbocycles. The number of nitrogens with two attached hydrogens (primary N) is 1. The molecule has 0 amide bonds. The van der Waals surface area contributed by atoms with E-state index in [4.69, 9.17) is 15.7 Å². The van der Waals surface area contributed by atoms with E-state index in [0.29, 0.717) is 11.6 Å². The molecule has 5 heteroatoms. The Morgan fingerprint density at radius 2 is 2.28 bits per heavy atom. The highest BCUT2D eigenvalue weighted by Crippen LogP contribution is 2.28. The first kappa shape index (κ1) is 12.7. The predicted octanol–water partition coefficient (Wildman–Crippen LogP) is 2.13. The van der Waals surface area contributed by atoms with Crippen LogP contribution in [-0.2, 0) is 0 Å². The molecular formula is C13H19N3O2. The average Bonchev–Trinajstić information content (AvgIpc) is 2.41. The quantitative estimate of drug-likeness (QED) is 0.372. The Kier molecular flexibility index (Phi) is 4.02. The van der Waals surface area contributed by atoms with Crippen molar-refractivity contribution in [1.82, 2.24) is 4.98 Å². The van der Waals surface area contributed by atoms with Crippen LogP contribution in [-0.4, -0.2) is 22.1 Å². The summed E-state index contributed by atoms with van der Waals surface area (Å²) in [4.78, 5) is 4.03. The number of hydrogen-bond acceptors (Lipinski definition) is 4. The predicted molar refractivity (Wildman–Crippen MR) is 68.8 cm³/mol. The summed E-state index contributed by atoms with van der Waals surface area (Å²) >= 11 is 0. The average molecular weight is 249 g/mol. The van der Waals surface area contributed by atoms with E-state index in [0.717, 1.165) is 12.2 Å². The van der Waals surface area contributed by atoms with Gasteiger partial charge in [0.25, 0.3) is 0 Å². The lowest BCUT2D eigenvalue weighted by Crippen LogP contribution is -2.28. The van der Waals surface area contributed by atoms with Crippen LogP contribution in [0.1, 0.15) is 38.3 Å². The van der Waals surface area contributed by atoms with Crippen LogP contribution in [0.2, 0.25) is 0 Å². The van der Waals surface area contributed by atoms with Gasteiger partial charge in [0, 0.05) is 12.3 Å². The maximum Gasteiger partial charge on any atom is 0.188 e. The Labute approximate surface area is 107 Å². The molecule has 98 valence electrons. The summed E-state index contributed by atoms with van der Waals surface area (Å²) in [5.41, 5.74) is 5.93. The fourth-order valence-corrected chi connectivity index (χ4v) is 2.31. The second-order valence-corrected chi connectivity index (χ2v) is 4.78. The number of hydrogen-bond donors (Lipinski definition) is 2. The molecule has 0 aliphatic heterocycles. The summed E-state index contributed by atoms with van der Waals surface area (Å²) in [7, 11) is 0. The zero-order valence-electron chi connectivity index (χ0n) is 10.5. The molecule has 1 aromatic rings. The molecule has 0 radical (unpaired) electrons. The van der Waals surface area contributed by atoms with Crippen molar-refractivity contribution in [2.45, 2.75) is 38.7 Å². The summed E-state index contributed by atoms with van der Waals surface area (Å²) in [5, 5.41) is 11.6. The van der Waals surface area contributed by atoms with E-state index in [1.807, 2.05) is 0 Å². The van der Waals surface area contributed by atoms with Gasteiger partial charge in [-0.05, 0) is 31.2 Å². The zero-order valence-corrected chi connectivity index (χ0v) is 10.5. The van der Waals surface area contributed by atoms with Crippen LogP contribution in [0.4, 0.5) is 0 Å². The van der Waals surface area contributed by atoms with Gasteiger partial charge in [0.05, 0.1) is 0 Å². The van der Waals surface area contributed by atoms with Crippen LogP contribution in [0, 0.1) is 5.92 Å². The Balaban J connectivity index is 2.09. The third kappa shape index (κ3) is 2.91. The van der Waals surface area contributed by atoms with E-state index in [2.05, 4.69) is 17.1 Å². The van der Waals surface area contributed by atoms with Crippen molar-refractivity contribution in [3.05, 3.63) is 24.0 Å². The Morgan fingerprint density at radius 1 is 1.50 bits per heavy atom. The van der Waals surface area contributed by atoms with Crippen LogP contribution >= 0.6 is 0 Å². The van der Waals surface area contributed by atoms with Crippen LogP contribution in [0.15, 0.2) is 23.5 Å². The maximum atomic E-state index is 8.62. The third-order valence-electron chi connectivity index (χ3n) is 3.42. The van der Waals surface area contributed by atoms with Crippen LogP contribution < -0.4 is 10.5 Å². The molecule has 0 bridgehead atoms. The van der Waals surface area contributed by atoms with Crippen LogP contribution in [0.5, 0.6) is 5.75 Å². The summed E-state index contributed by atoms with van der Waals surface area (Å²) in [5.74, 6) is 1.29. The minimum Gasteiger partial charge on any atom is -0.490 e. The van der Waals surface area contributed by atoms with E-state index in [1.165, 1.54) is 19.3 Å². The fourth-order valence-electron chi connectivity index (χ4n) is 2.31. The van der Waals surface area contributed by atoms with Crippen molar-refractivity contribution in [2.75, 3.05) is 0 Å². The van der Waals surface area contributed by atoms with Crippen molar-refractivity contribution in [2.24, 2.45) is 16.8 Å². The monoisotopic (exact) mass is 249 g/mol. The smallest absolute Gasteiger partial charge is 0.188 e. The van der Waals surface area contributed by atoms with Crippen LogP contribution in [0.3, 0.4) is 0 Å². The van der Waals surface area contributed by atoms with Gasteiger partial charge < -0.3 is 15.7 Å². The molecule has 2 unspecified atom stereocenters. The first-order valence-corrected chi connectivity index (χ1v) is 6.31. The lowest BCUT2D eigenvalue weighted by molar-refractivity contribution is 0.102. The molecule has 0 saturated heterocycles. The van der Waals surface area contributed by atoms with Gasteiger partial charge >= 0.3 is 0 Å². The first-order valence-electron chi connectivity index (χ1n) is 6.31. The summed E-state index contributed by atoms with van der Waals surface area (Å²) in [6.45, 7) is 2.22. The van der Waals surface area contributed by atoms with Gasteiger partial charge in [-0.2, -0.15) is 0 Å². The first-order chi connectivity index (χ1) is 8.70. The second kappa shape index (κ2) is 5.71. The van der Waals surface area contributed by atoms with Gasteiger partial charge in [0.1, 0.15) is 17.5 Å². The normalized spacial score (nSPS) is 24.8. The van der Waals surface area contributed by atoms with Crippen molar-refractivity contribution in [3.8, 4) is 5.75 Å². The Bertz CT molecular complexity index is 434. The van der Waals surface area contributed by atoms with E-state index in [1.54, 1.807) is 18.3 Å². The molecule has 0 aromatic carbocycles. The maximum absolute atomic E-state index is 8.62. The molecule has 18 heavy (non-hydrogen) atoms. The molecule has 5 nitrogen and oxygen atoms in total. The minimum atomic E-state index is -0.00265. The molecular weight excluding hydrogens is 230 g/mol. The van der Waals surface area contributed by atoms with Gasteiger partial charge in [-0.1, -0.05) is 18.5 Å². The number of rotatable bonds is 3. The summed E-state index contributed by atoms with van der Waals surface area (Å²) < 4.78 is 5.97. The van der Waals surface area contributed by atoms with Crippen LogP contribution in [0.25, 0.3) is 0 Å². The number of amidine groups is 1. The van der Waals surface area contributed by atoms with E-state index in [-0.39, 0.29) is 11.9 Å². The molecule has 1 aromatic heterocycles. The largest absolute Gasteiger partial charge is 0.490 e. The fraction of sp³-hybridized carbons (Fsp3) is 0.538. The Morgan fingerprint density at radius 3 is 3.00 bits per heavy atom. The topological polar surface area (TPSA) is 80.7 Å². The molecule has 1 aliphatic carbocycles. The van der Waals surface area contributed by atoms with E-state index < -0.39 is 0 Å². The van der Waals surface area contributed by atoms with Gasteiger partial charge in [-0.3, -0.25) is 4.98 Å². The number of nitrogens with zero attached hydrogens (tertiary/aromatic N) is 2. The lowest BCUT2D eigenvalue weighted by atomic mass is 9.88. The summed E-state index contributed by atoms with van der Waals surface area (Å²) in [6, 6.07) is 3.51. The molecule has 2 rings (SSSR count). The van der Waals surface area contributed by atoms with E-state index >= 15 is 0 Å². The van der Waals surface area contributed by atoms with Gasteiger partial charge in [0.15, 0.2) is 5.84 Å². The molecule has 3 N–H and O–H groups in total. The van der Waals surface area contributed by atoms with E-state index in [9.17, 15) is 0 Å². The summed E-state index contributed by atoms with van der Waals surface area (Å²) in [6.07, 6.45) is 6.66. The molecule has 0 spiro atoms. The highest BCUT2D eigenvalue weighted by Gasteiger charge is 2.22.